The molecule has 3 rings (SSSR count). The van der Waals surface area contributed by atoms with Crippen LogP contribution in [-0.2, 0) is 13.0 Å². The number of rotatable bonds is 9. The van der Waals surface area contributed by atoms with Crippen molar-refractivity contribution >= 4 is 11.8 Å². The van der Waals surface area contributed by atoms with Gasteiger partial charge in [0.25, 0.3) is 0 Å². The molecule has 0 aromatic heterocycles. The minimum atomic E-state index is 0.942. The third kappa shape index (κ3) is 6.40. The molecule has 0 aliphatic rings. The van der Waals surface area contributed by atoms with Gasteiger partial charge in [-0.1, -0.05) is 84.9 Å². The third-order valence-corrected chi connectivity index (χ3v) is 4.89. The summed E-state index contributed by atoms with van der Waals surface area (Å²) in [6.45, 7) is 2.96. The molecule has 0 bridgehead atoms. The van der Waals surface area contributed by atoms with E-state index in [0.717, 1.165) is 26.1 Å². The predicted octanol–water partition coefficient (Wildman–Crippen LogP) is 5.51. The lowest BCUT2D eigenvalue weighted by atomic mass is 10.1. The van der Waals surface area contributed by atoms with Crippen molar-refractivity contribution in [2.75, 3.05) is 32.1 Å². The summed E-state index contributed by atoms with van der Waals surface area (Å²) in [6.07, 6.45) is 5.57. The molecule has 3 aromatic rings. The van der Waals surface area contributed by atoms with E-state index in [1.165, 1.54) is 22.4 Å². The SMILES string of the molecule is CN(C)c1ccc(/C=C/CN(CCc2ccccc2)Cc2ccccc2)cc1. The summed E-state index contributed by atoms with van der Waals surface area (Å²) in [7, 11) is 4.14. The monoisotopic (exact) mass is 370 g/mol. The molecule has 0 amide bonds. The van der Waals surface area contributed by atoms with Crippen LogP contribution in [0.15, 0.2) is 91.0 Å². The summed E-state index contributed by atoms with van der Waals surface area (Å²) < 4.78 is 0. The van der Waals surface area contributed by atoms with Crippen molar-refractivity contribution in [1.82, 2.24) is 4.90 Å². The minimum absolute atomic E-state index is 0.942. The molecular weight excluding hydrogens is 340 g/mol. The molecule has 0 unspecified atom stereocenters. The van der Waals surface area contributed by atoms with E-state index in [2.05, 4.69) is 121 Å². The van der Waals surface area contributed by atoms with Gasteiger partial charge in [0, 0.05) is 39.4 Å². The number of hydrogen-bond donors (Lipinski definition) is 0. The molecule has 3 aromatic carbocycles. The Morgan fingerprint density at radius 2 is 1.32 bits per heavy atom. The zero-order chi connectivity index (χ0) is 19.6. The average molecular weight is 371 g/mol. The van der Waals surface area contributed by atoms with Crippen LogP contribution in [0.1, 0.15) is 16.7 Å². The number of hydrogen-bond acceptors (Lipinski definition) is 2. The lowest BCUT2D eigenvalue weighted by Crippen LogP contribution is -2.25. The van der Waals surface area contributed by atoms with Gasteiger partial charge in [-0.2, -0.15) is 0 Å². The van der Waals surface area contributed by atoms with Crippen LogP contribution < -0.4 is 4.90 Å². The van der Waals surface area contributed by atoms with Gasteiger partial charge >= 0.3 is 0 Å². The topological polar surface area (TPSA) is 6.48 Å². The Labute approximate surface area is 169 Å². The van der Waals surface area contributed by atoms with Gasteiger partial charge in [-0.05, 0) is 35.2 Å². The van der Waals surface area contributed by atoms with Gasteiger partial charge in [-0.25, -0.2) is 0 Å². The summed E-state index contributed by atoms with van der Waals surface area (Å²) in [6, 6.07) is 30.2. The second-order valence-electron chi connectivity index (χ2n) is 7.34. The van der Waals surface area contributed by atoms with Crippen molar-refractivity contribution in [3.05, 3.63) is 108 Å². The van der Waals surface area contributed by atoms with Crippen molar-refractivity contribution in [2.45, 2.75) is 13.0 Å². The van der Waals surface area contributed by atoms with E-state index in [1.54, 1.807) is 0 Å². The summed E-state index contributed by atoms with van der Waals surface area (Å²) in [5.74, 6) is 0. The molecule has 0 fully saturated rings. The molecule has 0 aliphatic heterocycles. The zero-order valence-electron chi connectivity index (χ0n) is 17.0. The van der Waals surface area contributed by atoms with E-state index in [1.807, 2.05) is 0 Å². The van der Waals surface area contributed by atoms with Crippen molar-refractivity contribution in [2.24, 2.45) is 0 Å². The van der Waals surface area contributed by atoms with Crippen LogP contribution in [0.3, 0.4) is 0 Å². The first kappa shape index (κ1) is 19.9. The molecule has 0 radical (unpaired) electrons. The lowest BCUT2D eigenvalue weighted by Gasteiger charge is -2.21. The summed E-state index contributed by atoms with van der Waals surface area (Å²) in [5.41, 5.74) is 5.22. The van der Waals surface area contributed by atoms with Crippen LogP contribution in [0.2, 0.25) is 0 Å². The van der Waals surface area contributed by atoms with Crippen molar-refractivity contribution in [3.8, 4) is 0 Å². The fraction of sp³-hybridized carbons (Fsp3) is 0.231. The number of nitrogens with zero attached hydrogens (tertiary/aromatic N) is 2. The lowest BCUT2D eigenvalue weighted by molar-refractivity contribution is 0.298. The molecule has 2 heteroatoms. The molecule has 0 aliphatic carbocycles. The van der Waals surface area contributed by atoms with Crippen molar-refractivity contribution < 1.29 is 0 Å². The first-order chi connectivity index (χ1) is 13.7. The van der Waals surface area contributed by atoms with Crippen LogP contribution in [0.25, 0.3) is 6.08 Å². The van der Waals surface area contributed by atoms with Crippen LogP contribution in [-0.4, -0.2) is 32.1 Å². The highest BCUT2D eigenvalue weighted by molar-refractivity contribution is 5.55. The molecule has 0 atom stereocenters. The molecule has 0 heterocycles. The van der Waals surface area contributed by atoms with Gasteiger partial charge in [0.2, 0.25) is 0 Å². The average Bonchev–Trinajstić information content (AvgIpc) is 2.74. The number of anilines is 1. The Morgan fingerprint density at radius 1 is 0.714 bits per heavy atom. The molecule has 0 saturated heterocycles. The summed E-state index contributed by atoms with van der Waals surface area (Å²) in [4.78, 5) is 4.63. The summed E-state index contributed by atoms with van der Waals surface area (Å²) >= 11 is 0. The maximum atomic E-state index is 2.51. The zero-order valence-corrected chi connectivity index (χ0v) is 17.0. The van der Waals surface area contributed by atoms with E-state index in [4.69, 9.17) is 0 Å². The third-order valence-electron chi connectivity index (χ3n) is 4.89. The summed E-state index contributed by atoms with van der Waals surface area (Å²) in [5, 5.41) is 0. The normalized spacial score (nSPS) is 11.2. The quantitative estimate of drug-likeness (QED) is 0.490. The highest BCUT2D eigenvalue weighted by Crippen LogP contribution is 2.13. The minimum Gasteiger partial charge on any atom is -0.378 e. The maximum Gasteiger partial charge on any atom is 0.0361 e. The van der Waals surface area contributed by atoms with Crippen LogP contribution >= 0.6 is 0 Å². The molecule has 2 nitrogen and oxygen atoms in total. The van der Waals surface area contributed by atoms with E-state index >= 15 is 0 Å². The largest absolute Gasteiger partial charge is 0.378 e. The Kier molecular flexibility index (Phi) is 7.45. The van der Waals surface area contributed by atoms with E-state index in [9.17, 15) is 0 Å². The Bertz CT molecular complexity index is 837. The standard InChI is InChI=1S/C26H30N2/c1-27(2)26-17-15-24(16-18-26)14-9-20-28(22-25-12-7-4-8-13-25)21-19-23-10-5-3-6-11-23/h3-18H,19-22H2,1-2H3/b14-9+. The first-order valence-electron chi connectivity index (χ1n) is 9.95. The fourth-order valence-corrected chi connectivity index (χ4v) is 3.23. The molecule has 0 saturated carbocycles. The second kappa shape index (κ2) is 10.5. The first-order valence-corrected chi connectivity index (χ1v) is 9.95. The van der Waals surface area contributed by atoms with Gasteiger partial charge in [0.1, 0.15) is 0 Å². The molecule has 0 spiro atoms. The van der Waals surface area contributed by atoms with Gasteiger partial charge in [-0.3, -0.25) is 4.90 Å². The van der Waals surface area contributed by atoms with Crippen LogP contribution in [0.5, 0.6) is 0 Å². The Balaban J connectivity index is 1.62. The van der Waals surface area contributed by atoms with Gasteiger partial charge < -0.3 is 4.90 Å². The molecule has 0 N–H and O–H groups in total. The predicted molar refractivity (Wildman–Crippen MR) is 122 cm³/mol. The number of benzene rings is 3. The van der Waals surface area contributed by atoms with E-state index < -0.39 is 0 Å². The Morgan fingerprint density at radius 3 is 1.93 bits per heavy atom. The molecule has 28 heavy (non-hydrogen) atoms. The van der Waals surface area contributed by atoms with Crippen LogP contribution in [0, 0.1) is 0 Å². The van der Waals surface area contributed by atoms with Gasteiger partial charge in [0.15, 0.2) is 0 Å². The van der Waals surface area contributed by atoms with Crippen molar-refractivity contribution in [1.29, 1.82) is 0 Å². The van der Waals surface area contributed by atoms with Crippen LogP contribution in [0.4, 0.5) is 5.69 Å². The second-order valence-corrected chi connectivity index (χ2v) is 7.34. The fourth-order valence-electron chi connectivity index (χ4n) is 3.23. The highest BCUT2D eigenvalue weighted by Gasteiger charge is 2.05. The highest BCUT2D eigenvalue weighted by atomic mass is 15.1. The van der Waals surface area contributed by atoms with Gasteiger partial charge in [0.05, 0.1) is 0 Å². The van der Waals surface area contributed by atoms with E-state index in [0.29, 0.717) is 0 Å². The smallest absolute Gasteiger partial charge is 0.0361 e. The van der Waals surface area contributed by atoms with Crippen molar-refractivity contribution in [3.63, 3.8) is 0 Å². The molecular formula is C26H30N2. The van der Waals surface area contributed by atoms with E-state index in [-0.39, 0.29) is 0 Å². The maximum absolute atomic E-state index is 2.51. The Hall–Kier alpha value is -2.84. The van der Waals surface area contributed by atoms with Gasteiger partial charge in [-0.15, -0.1) is 0 Å². The molecule has 144 valence electrons.